The average molecular weight is 460 g/mol. The Kier molecular flexibility index (Phi) is 8.12. The van der Waals surface area contributed by atoms with E-state index in [-0.39, 0.29) is 23.3 Å². The molecule has 6 nitrogen and oxygen atoms in total. The van der Waals surface area contributed by atoms with E-state index >= 15 is 0 Å². The van der Waals surface area contributed by atoms with Gasteiger partial charge in [-0.1, -0.05) is 35.5 Å². The number of fused-ring (bicyclic) bond motifs is 1. The Bertz CT molecular complexity index is 1130. The van der Waals surface area contributed by atoms with E-state index in [1.54, 1.807) is 22.8 Å². The molecule has 0 aliphatic carbocycles. The van der Waals surface area contributed by atoms with Crippen LogP contribution >= 0.6 is 23.4 Å². The second-order valence-corrected chi connectivity index (χ2v) is 8.87. The molecule has 0 atom stereocenters. The Morgan fingerprint density at radius 2 is 2.06 bits per heavy atom. The smallest absolute Gasteiger partial charge is 0.262 e. The maximum absolute atomic E-state index is 13.1. The topological polar surface area (TPSA) is 73.2 Å². The normalized spacial score (nSPS) is 11.3. The second-order valence-electron chi connectivity index (χ2n) is 7.49. The summed E-state index contributed by atoms with van der Waals surface area (Å²) in [7, 11) is 0. The van der Waals surface area contributed by atoms with E-state index in [0.717, 1.165) is 11.3 Å². The highest BCUT2D eigenvalue weighted by molar-refractivity contribution is 7.99. The number of carbonyl (C=O) groups excluding carboxylic acids is 1. The van der Waals surface area contributed by atoms with Gasteiger partial charge in [-0.2, -0.15) is 0 Å². The molecule has 0 aliphatic heterocycles. The number of rotatable bonds is 9. The first kappa shape index (κ1) is 23.3. The Labute approximate surface area is 191 Å². The number of aryl methyl sites for hydroxylation is 1. The zero-order valence-corrected chi connectivity index (χ0v) is 19.4. The number of ether oxygens (including phenoxy) is 1. The number of nitrogens with zero attached hydrogens (tertiary/aromatic N) is 2. The first-order valence-corrected chi connectivity index (χ1v) is 11.5. The first-order valence-electron chi connectivity index (χ1n) is 10.1. The number of halogens is 1. The van der Waals surface area contributed by atoms with Gasteiger partial charge in [0.2, 0.25) is 5.91 Å². The van der Waals surface area contributed by atoms with Crippen molar-refractivity contribution < 1.29 is 9.53 Å². The highest BCUT2D eigenvalue weighted by atomic mass is 35.5. The lowest BCUT2D eigenvalue weighted by Gasteiger charge is -2.14. The lowest BCUT2D eigenvalue weighted by atomic mass is 10.2. The molecular weight excluding hydrogens is 434 g/mol. The van der Waals surface area contributed by atoms with E-state index in [9.17, 15) is 9.59 Å². The average Bonchev–Trinajstić information content (AvgIpc) is 2.70. The predicted octanol–water partition coefficient (Wildman–Crippen LogP) is 4.90. The molecule has 1 amide bonds. The summed E-state index contributed by atoms with van der Waals surface area (Å²) in [5.74, 6) is -0.0275. The third kappa shape index (κ3) is 6.56. The van der Waals surface area contributed by atoms with Crippen molar-refractivity contribution in [3.05, 3.63) is 63.4 Å². The van der Waals surface area contributed by atoms with E-state index in [2.05, 4.69) is 10.3 Å². The predicted molar refractivity (Wildman–Crippen MR) is 127 cm³/mol. The number of aromatic nitrogens is 2. The zero-order chi connectivity index (χ0) is 22.4. The number of anilines is 1. The lowest BCUT2D eigenvalue weighted by Crippen LogP contribution is -2.25. The molecule has 3 aromatic rings. The molecule has 0 fully saturated rings. The van der Waals surface area contributed by atoms with Crippen molar-refractivity contribution in [2.45, 2.75) is 45.0 Å². The van der Waals surface area contributed by atoms with Gasteiger partial charge in [-0.25, -0.2) is 4.98 Å². The monoisotopic (exact) mass is 459 g/mol. The van der Waals surface area contributed by atoms with Crippen LogP contribution in [0.15, 0.2) is 52.4 Å². The molecule has 164 valence electrons. The zero-order valence-electron chi connectivity index (χ0n) is 17.9. The van der Waals surface area contributed by atoms with Gasteiger partial charge in [-0.3, -0.25) is 14.2 Å². The van der Waals surface area contributed by atoms with Crippen LogP contribution in [-0.4, -0.2) is 33.9 Å². The van der Waals surface area contributed by atoms with Gasteiger partial charge < -0.3 is 10.1 Å². The maximum atomic E-state index is 13.1. The van der Waals surface area contributed by atoms with E-state index in [1.807, 2.05) is 45.0 Å². The Morgan fingerprint density at radius 1 is 1.26 bits per heavy atom. The van der Waals surface area contributed by atoms with Gasteiger partial charge in [-0.15, -0.1) is 0 Å². The highest BCUT2D eigenvalue weighted by Gasteiger charge is 2.14. The number of thioether (sulfide) groups is 1. The molecule has 1 N–H and O–H groups in total. The van der Waals surface area contributed by atoms with Gasteiger partial charge in [0.15, 0.2) is 5.16 Å². The highest BCUT2D eigenvalue weighted by Crippen LogP contribution is 2.21. The van der Waals surface area contributed by atoms with Crippen molar-refractivity contribution in [2.24, 2.45) is 0 Å². The number of amides is 1. The van der Waals surface area contributed by atoms with Crippen molar-refractivity contribution >= 4 is 45.9 Å². The molecule has 0 saturated heterocycles. The molecule has 0 bridgehead atoms. The molecule has 31 heavy (non-hydrogen) atoms. The van der Waals surface area contributed by atoms with Gasteiger partial charge in [-0.05, 0) is 63.1 Å². The van der Waals surface area contributed by atoms with Crippen LogP contribution in [-0.2, 0) is 16.1 Å². The van der Waals surface area contributed by atoms with Crippen molar-refractivity contribution in [1.29, 1.82) is 0 Å². The second kappa shape index (κ2) is 10.8. The van der Waals surface area contributed by atoms with E-state index in [4.69, 9.17) is 16.3 Å². The molecular formula is C23H26ClN3O3S. The summed E-state index contributed by atoms with van der Waals surface area (Å²) in [6.07, 6.45) is 0.801. The first-order chi connectivity index (χ1) is 14.8. The van der Waals surface area contributed by atoms with Crippen molar-refractivity contribution in [3.63, 3.8) is 0 Å². The summed E-state index contributed by atoms with van der Waals surface area (Å²) in [5, 5.41) is 4.38. The summed E-state index contributed by atoms with van der Waals surface area (Å²) in [5.41, 5.74) is 2.18. The van der Waals surface area contributed by atoms with Crippen LogP contribution in [0.5, 0.6) is 0 Å². The van der Waals surface area contributed by atoms with Crippen LogP contribution in [0.25, 0.3) is 10.9 Å². The molecule has 1 heterocycles. The van der Waals surface area contributed by atoms with Gasteiger partial charge in [0.1, 0.15) is 0 Å². The van der Waals surface area contributed by atoms with Crippen LogP contribution < -0.4 is 10.9 Å². The van der Waals surface area contributed by atoms with Crippen LogP contribution in [0.1, 0.15) is 25.8 Å². The van der Waals surface area contributed by atoms with Crippen LogP contribution in [0.2, 0.25) is 5.02 Å². The summed E-state index contributed by atoms with van der Waals surface area (Å²) < 4.78 is 7.21. The van der Waals surface area contributed by atoms with Crippen LogP contribution in [0.3, 0.4) is 0 Å². The largest absolute Gasteiger partial charge is 0.379 e. The third-order valence-corrected chi connectivity index (χ3v) is 5.71. The Hall–Kier alpha value is -2.35. The van der Waals surface area contributed by atoms with Gasteiger partial charge in [0, 0.05) is 23.9 Å². The van der Waals surface area contributed by atoms with Crippen LogP contribution in [0.4, 0.5) is 5.69 Å². The quantitative estimate of drug-likeness (QED) is 0.280. The molecule has 0 spiro atoms. The number of hydrogen-bond acceptors (Lipinski definition) is 5. The molecule has 8 heteroatoms. The lowest BCUT2D eigenvalue weighted by molar-refractivity contribution is -0.113. The molecule has 0 saturated carbocycles. The summed E-state index contributed by atoms with van der Waals surface area (Å²) in [6.45, 7) is 6.92. The number of benzene rings is 2. The minimum atomic E-state index is -0.161. The molecule has 2 aromatic carbocycles. The molecule has 0 unspecified atom stereocenters. The van der Waals surface area contributed by atoms with E-state index in [1.165, 1.54) is 11.8 Å². The minimum Gasteiger partial charge on any atom is -0.379 e. The number of carbonyl (C=O) groups is 1. The summed E-state index contributed by atoms with van der Waals surface area (Å²) in [4.78, 5) is 30.2. The third-order valence-electron chi connectivity index (χ3n) is 4.49. The minimum absolute atomic E-state index is 0.132. The molecule has 0 radical (unpaired) electrons. The standard InChI is InChI=1S/C23H26ClN3O3S/c1-15(2)30-11-5-10-27-22(29)19-9-8-17(24)13-20(19)26-23(27)31-14-21(28)25-18-7-4-6-16(3)12-18/h4,6-9,12-13,15H,5,10-11,14H2,1-3H3,(H,25,28). The van der Waals surface area contributed by atoms with Crippen LogP contribution in [0, 0.1) is 6.92 Å². The van der Waals surface area contributed by atoms with Gasteiger partial charge >= 0.3 is 0 Å². The molecule has 1 aromatic heterocycles. The summed E-state index contributed by atoms with van der Waals surface area (Å²) >= 11 is 7.32. The fraction of sp³-hybridized carbons (Fsp3) is 0.348. The van der Waals surface area contributed by atoms with Crippen molar-refractivity contribution in [2.75, 3.05) is 17.7 Å². The van der Waals surface area contributed by atoms with Gasteiger partial charge in [0.05, 0.1) is 22.8 Å². The van der Waals surface area contributed by atoms with Crippen molar-refractivity contribution in [1.82, 2.24) is 9.55 Å². The van der Waals surface area contributed by atoms with E-state index < -0.39 is 0 Å². The van der Waals surface area contributed by atoms with Crippen molar-refractivity contribution in [3.8, 4) is 0 Å². The molecule has 0 aliphatic rings. The number of nitrogens with one attached hydrogen (secondary N) is 1. The summed E-state index contributed by atoms with van der Waals surface area (Å²) in [6, 6.07) is 12.6. The van der Waals surface area contributed by atoms with Gasteiger partial charge in [0.25, 0.3) is 5.56 Å². The maximum Gasteiger partial charge on any atom is 0.262 e. The van der Waals surface area contributed by atoms with E-state index in [0.29, 0.717) is 40.7 Å². The SMILES string of the molecule is Cc1cccc(NC(=O)CSc2nc3cc(Cl)ccc3c(=O)n2CCCOC(C)C)c1. The number of hydrogen-bond donors (Lipinski definition) is 1. The fourth-order valence-electron chi connectivity index (χ4n) is 3.07. The fourth-order valence-corrected chi connectivity index (χ4v) is 4.06. The Balaban J connectivity index is 1.79. The Morgan fingerprint density at radius 3 is 2.81 bits per heavy atom. The molecule has 3 rings (SSSR count).